The fraction of sp³-hybridized carbons (Fsp3) is 0.346. The molecule has 1 aliphatic rings. The summed E-state index contributed by atoms with van der Waals surface area (Å²) in [6.45, 7) is 7.08. The number of imidazole rings is 1. The van der Waals surface area contributed by atoms with Gasteiger partial charge in [0.25, 0.3) is 5.56 Å². The first-order valence-electron chi connectivity index (χ1n) is 11.8. The molecule has 3 heterocycles. The zero-order valence-electron chi connectivity index (χ0n) is 19.7. The van der Waals surface area contributed by atoms with Crippen molar-refractivity contribution in [3.05, 3.63) is 92.1 Å². The lowest BCUT2D eigenvalue weighted by Gasteiger charge is -2.35. The van der Waals surface area contributed by atoms with Crippen LogP contribution in [0.4, 0.5) is 5.95 Å². The smallest absolute Gasteiger partial charge is 0.329 e. The van der Waals surface area contributed by atoms with Crippen molar-refractivity contribution in [3.63, 3.8) is 0 Å². The van der Waals surface area contributed by atoms with Crippen LogP contribution in [0, 0.1) is 6.92 Å². The molecule has 34 heavy (non-hydrogen) atoms. The third-order valence-electron chi connectivity index (χ3n) is 6.66. The zero-order valence-corrected chi connectivity index (χ0v) is 19.7. The molecule has 0 unspecified atom stereocenters. The average molecular weight is 459 g/mol. The topological polar surface area (TPSA) is 79.2 Å². The Morgan fingerprint density at radius 3 is 2.32 bits per heavy atom. The number of aryl methyl sites for hydroxylation is 2. The first-order valence-corrected chi connectivity index (χ1v) is 11.8. The van der Waals surface area contributed by atoms with Crippen molar-refractivity contribution in [2.45, 2.75) is 19.9 Å². The van der Waals surface area contributed by atoms with Crippen molar-refractivity contribution in [1.82, 2.24) is 24.0 Å². The molecule has 1 aliphatic heterocycles. The summed E-state index contributed by atoms with van der Waals surface area (Å²) in [4.78, 5) is 37.0. The van der Waals surface area contributed by atoms with Gasteiger partial charge in [0.2, 0.25) is 5.95 Å². The second-order valence-electron chi connectivity index (χ2n) is 9.04. The number of hydrogen-bond acceptors (Lipinski definition) is 5. The third kappa shape index (κ3) is 4.41. The number of benzene rings is 2. The third-order valence-corrected chi connectivity index (χ3v) is 6.66. The van der Waals surface area contributed by atoms with Gasteiger partial charge < -0.3 is 4.90 Å². The van der Waals surface area contributed by atoms with Crippen molar-refractivity contribution >= 4 is 17.1 Å². The van der Waals surface area contributed by atoms with E-state index >= 15 is 0 Å². The van der Waals surface area contributed by atoms with Gasteiger partial charge in [0.15, 0.2) is 11.2 Å². The number of fused-ring (bicyclic) bond motifs is 1. The predicted molar refractivity (Wildman–Crippen MR) is 135 cm³/mol. The van der Waals surface area contributed by atoms with Crippen molar-refractivity contribution in [2.24, 2.45) is 7.05 Å². The molecule has 1 N–H and O–H groups in total. The number of H-pyrrole nitrogens is 1. The number of nitrogens with one attached hydrogen (secondary N) is 1. The molecule has 0 amide bonds. The summed E-state index contributed by atoms with van der Waals surface area (Å²) in [5.74, 6) is 0.741. The molecule has 176 valence electrons. The van der Waals surface area contributed by atoms with Crippen LogP contribution >= 0.6 is 0 Å². The lowest BCUT2D eigenvalue weighted by atomic mass is 10.1. The number of anilines is 1. The fourth-order valence-corrected chi connectivity index (χ4v) is 4.59. The Labute approximate surface area is 198 Å². The van der Waals surface area contributed by atoms with Gasteiger partial charge in [-0.3, -0.25) is 23.8 Å². The van der Waals surface area contributed by atoms with E-state index < -0.39 is 11.2 Å². The van der Waals surface area contributed by atoms with Crippen LogP contribution < -0.4 is 16.1 Å². The van der Waals surface area contributed by atoms with E-state index in [-0.39, 0.29) is 0 Å². The largest absolute Gasteiger partial charge is 0.340 e. The highest BCUT2D eigenvalue weighted by Gasteiger charge is 2.25. The van der Waals surface area contributed by atoms with Crippen LogP contribution in [0.3, 0.4) is 0 Å². The van der Waals surface area contributed by atoms with E-state index in [1.165, 1.54) is 15.7 Å². The van der Waals surface area contributed by atoms with E-state index in [0.717, 1.165) is 50.7 Å². The second-order valence-corrected chi connectivity index (χ2v) is 9.04. The van der Waals surface area contributed by atoms with E-state index in [4.69, 9.17) is 4.98 Å². The van der Waals surface area contributed by atoms with Gasteiger partial charge in [0, 0.05) is 39.8 Å². The van der Waals surface area contributed by atoms with Crippen molar-refractivity contribution in [2.75, 3.05) is 37.6 Å². The van der Waals surface area contributed by atoms with Crippen molar-refractivity contribution < 1.29 is 0 Å². The highest BCUT2D eigenvalue weighted by Crippen LogP contribution is 2.23. The van der Waals surface area contributed by atoms with E-state index in [1.807, 2.05) is 10.6 Å². The lowest BCUT2D eigenvalue weighted by Crippen LogP contribution is -2.47. The molecule has 0 spiro atoms. The highest BCUT2D eigenvalue weighted by atomic mass is 16.2. The highest BCUT2D eigenvalue weighted by molar-refractivity contribution is 5.74. The SMILES string of the molecule is Cc1ccc(Cn2c(N3CCN(CCc4ccccc4)CC3)nc3c2c(=O)[nH]c(=O)n3C)cc1. The van der Waals surface area contributed by atoms with Crippen LogP contribution in [0.1, 0.15) is 16.7 Å². The minimum atomic E-state index is -0.449. The number of nitrogens with zero attached hydrogens (tertiary/aromatic N) is 5. The number of hydrogen-bond donors (Lipinski definition) is 1. The molecule has 0 saturated carbocycles. The van der Waals surface area contributed by atoms with Crippen LogP contribution in [0.2, 0.25) is 0 Å². The fourth-order valence-electron chi connectivity index (χ4n) is 4.59. The van der Waals surface area contributed by atoms with Crippen molar-refractivity contribution in [3.8, 4) is 0 Å². The maximum absolute atomic E-state index is 12.8. The molecule has 8 heteroatoms. The molecule has 1 fully saturated rings. The van der Waals surface area contributed by atoms with Gasteiger partial charge in [0.1, 0.15) is 0 Å². The summed E-state index contributed by atoms with van der Waals surface area (Å²) in [7, 11) is 1.65. The number of piperazine rings is 1. The molecule has 0 bridgehead atoms. The maximum Gasteiger partial charge on any atom is 0.329 e. The average Bonchev–Trinajstić information content (AvgIpc) is 3.23. The van der Waals surface area contributed by atoms with Gasteiger partial charge >= 0.3 is 5.69 Å². The molecule has 2 aromatic heterocycles. The van der Waals surface area contributed by atoms with Gasteiger partial charge in [-0.25, -0.2) is 4.79 Å². The van der Waals surface area contributed by atoms with E-state index in [9.17, 15) is 9.59 Å². The molecular weight excluding hydrogens is 428 g/mol. The van der Waals surface area contributed by atoms with Crippen molar-refractivity contribution in [1.29, 1.82) is 0 Å². The Kier molecular flexibility index (Phi) is 6.06. The first-order chi connectivity index (χ1) is 16.5. The molecule has 4 aromatic rings. The monoisotopic (exact) mass is 458 g/mol. The molecule has 0 atom stereocenters. The van der Waals surface area contributed by atoms with Gasteiger partial charge in [-0.1, -0.05) is 60.2 Å². The summed E-state index contributed by atoms with van der Waals surface area (Å²) in [5, 5.41) is 0. The van der Waals surface area contributed by atoms with Crippen LogP contribution in [-0.2, 0) is 20.0 Å². The van der Waals surface area contributed by atoms with E-state index in [0.29, 0.717) is 17.7 Å². The second kappa shape index (κ2) is 9.30. The summed E-state index contributed by atoms with van der Waals surface area (Å²) in [6.07, 6.45) is 1.03. The molecule has 0 aliphatic carbocycles. The Bertz CT molecular complexity index is 1390. The minimum absolute atomic E-state index is 0.398. The first kappa shape index (κ1) is 22.2. The zero-order chi connectivity index (χ0) is 23.7. The van der Waals surface area contributed by atoms with Crippen LogP contribution in [0.15, 0.2) is 64.2 Å². The summed E-state index contributed by atoms with van der Waals surface area (Å²) < 4.78 is 3.37. The number of aromatic amines is 1. The maximum atomic E-state index is 12.8. The van der Waals surface area contributed by atoms with E-state index in [2.05, 4.69) is 70.2 Å². The standard InChI is InChI=1S/C26H30N6O2/c1-19-8-10-21(11-9-19)18-32-22-23(29(2)26(34)28-24(22)33)27-25(32)31-16-14-30(15-17-31)13-12-20-6-4-3-5-7-20/h3-11H,12-18H2,1-2H3,(H,28,33,34). The van der Waals surface area contributed by atoms with Crippen LogP contribution in [-0.4, -0.2) is 56.7 Å². The van der Waals surface area contributed by atoms with Crippen LogP contribution in [0.25, 0.3) is 11.2 Å². The Balaban J connectivity index is 1.41. The Hall–Kier alpha value is -3.65. The molecule has 2 aromatic carbocycles. The van der Waals surface area contributed by atoms with Gasteiger partial charge in [0.05, 0.1) is 6.54 Å². The summed E-state index contributed by atoms with van der Waals surface area (Å²) in [6, 6.07) is 18.8. The number of aromatic nitrogens is 4. The number of rotatable bonds is 6. The van der Waals surface area contributed by atoms with Gasteiger partial charge in [-0.2, -0.15) is 4.98 Å². The molecular formula is C26H30N6O2. The van der Waals surface area contributed by atoms with Gasteiger partial charge in [-0.05, 0) is 24.5 Å². The van der Waals surface area contributed by atoms with Crippen LogP contribution in [0.5, 0.6) is 0 Å². The molecule has 0 radical (unpaired) electrons. The quantitative estimate of drug-likeness (QED) is 0.479. The molecule has 8 nitrogen and oxygen atoms in total. The molecule has 5 rings (SSSR count). The Morgan fingerprint density at radius 1 is 0.912 bits per heavy atom. The van der Waals surface area contributed by atoms with E-state index in [1.54, 1.807) is 7.05 Å². The Morgan fingerprint density at radius 2 is 1.62 bits per heavy atom. The lowest BCUT2D eigenvalue weighted by molar-refractivity contribution is 0.259. The minimum Gasteiger partial charge on any atom is -0.340 e. The van der Waals surface area contributed by atoms with Gasteiger partial charge in [-0.15, -0.1) is 0 Å². The summed E-state index contributed by atoms with van der Waals surface area (Å²) >= 11 is 0. The normalized spacial score (nSPS) is 14.7. The molecule has 1 saturated heterocycles. The predicted octanol–water partition coefficient (Wildman–Crippen LogP) is 2.14. The summed E-state index contributed by atoms with van der Waals surface area (Å²) in [5.41, 5.74) is 3.63.